The number of halogens is 2. The summed E-state index contributed by atoms with van der Waals surface area (Å²) in [4.78, 5) is 12.0. The van der Waals surface area contributed by atoms with Crippen LogP contribution in [0, 0.1) is 0 Å². The van der Waals surface area contributed by atoms with Crippen LogP contribution in [-0.4, -0.2) is 15.7 Å². The Kier molecular flexibility index (Phi) is 3.72. The number of carbonyl (C=O) groups excluding carboxylic acids is 1. The fraction of sp³-hybridized carbons (Fsp3) is 0.0909. The first-order chi connectivity index (χ1) is 8.47. The molecule has 3 N–H and O–H groups in total. The van der Waals surface area contributed by atoms with E-state index >= 15 is 0 Å². The van der Waals surface area contributed by atoms with Gasteiger partial charge in [-0.25, -0.2) is 0 Å². The van der Waals surface area contributed by atoms with Gasteiger partial charge in [0.25, 0.3) is 5.91 Å². The number of hydrogen-bond donors (Lipinski definition) is 2. The number of rotatable bonds is 2. The quantitative estimate of drug-likeness (QED) is 0.795. The number of hydrogen-bond acceptors (Lipinski definition) is 3. The third kappa shape index (κ3) is 2.73. The lowest BCUT2D eigenvalue weighted by Gasteiger charge is -2.10. The molecule has 1 amide bonds. The van der Waals surface area contributed by atoms with Crippen molar-refractivity contribution < 1.29 is 4.79 Å². The number of nitrogen functional groups attached to an aromatic ring is 1. The van der Waals surface area contributed by atoms with Gasteiger partial charge in [-0.05, 0) is 28.1 Å². The zero-order valence-corrected chi connectivity index (χ0v) is 12.6. The van der Waals surface area contributed by atoms with E-state index in [1.54, 1.807) is 24.0 Å². The minimum Gasteiger partial charge on any atom is -0.397 e. The molecule has 2 aromatic rings. The second-order valence-electron chi connectivity index (χ2n) is 3.71. The van der Waals surface area contributed by atoms with Gasteiger partial charge in [0.15, 0.2) is 0 Å². The van der Waals surface area contributed by atoms with Crippen LogP contribution in [0.2, 0.25) is 0 Å². The molecule has 1 heterocycles. The molecule has 1 aromatic carbocycles. The van der Waals surface area contributed by atoms with Gasteiger partial charge < -0.3 is 11.1 Å². The summed E-state index contributed by atoms with van der Waals surface area (Å²) in [5, 5.41) is 6.69. The molecule has 0 fully saturated rings. The molecule has 94 valence electrons. The van der Waals surface area contributed by atoms with E-state index in [9.17, 15) is 4.79 Å². The van der Waals surface area contributed by atoms with E-state index in [-0.39, 0.29) is 5.91 Å². The van der Waals surface area contributed by atoms with Crippen molar-refractivity contribution in [1.82, 2.24) is 9.78 Å². The molecule has 0 unspecified atom stereocenters. The normalized spacial score (nSPS) is 10.4. The van der Waals surface area contributed by atoms with Gasteiger partial charge in [0.2, 0.25) is 0 Å². The Hall–Kier alpha value is -1.34. The number of carbonyl (C=O) groups is 1. The topological polar surface area (TPSA) is 72.9 Å². The van der Waals surface area contributed by atoms with Crippen LogP contribution >= 0.6 is 31.9 Å². The Labute approximate surface area is 121 Å². The fourth-order valence-corrected chi connectivity index (χ4v) is 2.81. The lowest BCUT2D eigenvalue weighted by atomic mass is 10.2. The summed E-state index contributed by atoms with van der Waals surface area (Å²) < 4.78 is 3.12. The van der Waals surface area contributed by atoms with Gasteiger partial charge in [-0.15, -0.1) is 0 Å². The minimum absolute atomic E-state index is 0.252. The van der Waals surface area contributed by atoms with Crippen LogP contribution in [0.15, 0.2) is 33.5 Å². The highest BCUT2D eigenvalue weighted by Crippen LogP contribution is 2.32. The molecule has 0 saturated heterocycles. The van der Waals surface area contributed by atoms with Crippen molar-refractivity contribution in [1.29, 1.82) is 0 Å². The molecular formula is C11H10Br2N4O. The van der Waals surface area contributed by atoms with Crippen molar-refractivity contribution in [3.8, 4) is 0 Å². The molecular weight excluding hydrogens is 364 g/mol. The highest BCUT2D eigenvalue weighted by molar-refractivity contribution is 9.11. The van der Waals surface area contributed by atoms with Gasteiger partial charge in [0.05, 0.1) is 23.1 Å². The molecule has 0 aliphatic rings. The van der Waals surface area contributed by atoms with Crippen LogP contribution in [0.1, 0.15) is 10.4 Å². The van der Waals surface area contributed by atoms with Gasteiger partial charge in [-0.1, -0.05) is 15.9 Å². The molecule has 5 nitrogen and oxygen atoms in total. The standard InChI is InChI=1S/C11H10Br2N4O/c1-17-5-6(4-15-17)11(18)16-10-8(13)2-7(12)3-9(10)14/h2-5H,14H2,1H3,(H,16,18). The average Bonchev–Trinajstić information content (AvgIpc) is 2.70. The minimum atomic E-state index is -0.252. The predicted octanol–water partition coefficient (Wildman–Crippen LogP) is 2.78. The van der Waals surface area contributed by atoms with Crippen LogP contribution < -0.4 is 11.1 Å². The number of aromatic nitrogens is 2. The van der Waals surface area contributed by atoms with E-state index in [2.05, 4.69) is 42.3 Å². The number of benzene rings is 1. The second-order valence-corrected chi connectivity index (χ2v) is 5.48. The average molecular weight is 374 g/mol. The molecule has 2 rings (SSSR count). The number of nitrogens with one attached hydrogen (secondary N) is 1. The Balaban J connectivity index is 2.27. The van der Waals surface area contributed by atoms with Crippen molar-refractivity contribution in [3.63, 3.8) is 0 Å². The number of nitrogens with two attached hydrogens (primary N) is 1. The van der Waals surface area contributed by atoms with Gasteiger partial charge in [0.1, 0.15) is 0 Å². The van der Waals surface area contributed by atoms with Gasteiger partial charge in [-0.3, -0.25) is 9.48 Å². The van der Waals surface area contributed by atoms with Crippen LogP contribution in [0.4, 0.5) is 11.4 Å². The fourth-order valence-electron chi connectivity index (χ4n) is 1.45. The first-order valence-corrected chi connectivity index (χ1v) is 6.60. The van der Waals surface area contributed by atoms with Crippen LogP contribution in [0.5, 0.6) is 0 Å². The molecule has 0 saturated carbocycles. The number of nitrogens with zero attached hydrogens (tertiary/aromatic N) is 2. The zero-order chi connectivity index (χ0) is 13.3. The molecule has 1 aromatic heterocycles. The molecule has 0 aliphatic heterocycles. The van der Waals surface area contributed by atoms with E-state index in [1.165, 1.54) is 6.20 Å². The molecule has 0 spiro atoms. The summed E-state index contributed by atoms with van der Waals surface area (Å²) >= 11 is 6.68. The predicted molar refractivity (Wildman–Crippen MR) is 77.4 cm³/mol. The summed E-state index contributed by atoms with van der Waals surface area (Å²) in [7, 11) is 1.75. The summed E-state index contributed by atoms with van der Waals surface area (Å²) in [5.41, 5.74) is 7.36. The van der Waals surface area contributed by atoms with E-state index in [1.807, 2.05) is 6.07 Å². The summed E-state index contributed by atoms with van der Waals surface area (Å²) in [5.74, 6) is -0.252. The number of amides is 1. The van der Waals surface area contributed by atoms with Crippen molar-refractivity contribution in [2.24, 2.45) is 7.05 Å². The van der Waals surface area contributed by atoms with E-state index < -0.39 is 0 Å². The van der Waals surface area contributed by atoms with Crippen molar-refractivity contribution in [2.75, 3.05) is 11.1 Å². The molecule has 0 atom stereocenters. The summed E-state index contributed by atoms with van der Waals surface area (Å²) in [6, 6.07) is 3.54. The molecule has 0 bridgehead atoms. The molecule has 7 heteroatoms. The first-order valence-electron chi connectivity index (χ1n) is 5.02. The monoisotopic (exact) mass is 372 g/mol. The Morgan fingerprint density at radius 2 is 2.17 bits per heavy atom. The summed E-state index contributed by atoms with van der Waals surface area (Å²) in [6.07, 6.45) is 3.14. The Morgan fingerprint density at radius 1 is 1.44 bits per heavy atom. The Morgan fingerprint density at radius 3 is 2.72 bits per heavy atom. The number of anilines is 2. The van der Waals surface area contributed by atoms with E-state index in [0.29, 0.717) is 21.4 Å². The largest absolute Gasteiger partial charge is 0.397 e. The first kappa shape index (κ1) is 13.1. The van der Waals surface area contributed by atoms with Crippen LogP contribution in [0.25, 0.3) is 0 Å². The van der Waals surface area contributed by atoms with Crippen LogP contribution in [-0.2, 0) is 7.05 Å². The number of aryl methyl sites for hydroxylation is 1. The smallest absolute Gasteiger partial charge is 0.258 e. The maximum Gasteiger partial charge on any atom is 0.258 e. The van der Waals surface area contributed by atoms with Crippen molar-refractivity contribution >= 4 is 49.1 Å². The maximum absolute atomic E-state index is 12.0. The van der Waals surface area contributed by atoms with E-state index in [0.717, 1.165) is 4.47 Å². The van der Waals surface area contributed by atoms with E-state index in [4.69, 9.17) is 5.73 Å². The lowest BCUT2D eigenvalue weighted by molar-refractivity contribution is 0.102. The lowest BCUT2D eigenvalue weighted by Crippen LogP contribution is -2.13. The highest BCUT2D eigenvalue weighted by Gasteiger charge is 2.13. The van der Waals surface area contributed by atoms with Crippen LogP contribution in [0.3, 0.4) is 0 Å². The molecule has 18 heavy (non-hydrogen) atoms. The zero-order valence-electron chi connectivity index (χ0n) is 9.45. The third-order valence-electron chi connectivity index (χ3n) is 2.29. The molecule has 0 aliphatic carbocycles. The van der Waals surface area contributed by atoms with Gasteiger partial charge >= 0.3 is 0 Å². The second kappa shape index (κ2) is 5.11. The molecule has 0 radical (unpaired) electrons. The Bertz CT molecular complexity index is 586. The van der Waals surface area contributed by atoms with Crippen molar-refractivity contribution in [2.45, 2.75) is 0 Å². The van der Waals surface area contributed by atoms with Gasteiger partial charge in [0, 0.05) is 22.2 Å². The van der Waals surface area contributed by atoms with Gasteiger partial charge in [-0.2, -0.15) is 5.10 Å². The third-order valence-corrected chi connectivity index (χ3v) is 3.37. The SMILES string of the molecule is Cn1cc(C(=O)Nc2c(N)cc(Br)cc2Br)cn1. The summed E-state index contributed by atoms with van der Waals surface area (Å²) in [6.45, 7) is 0. The maximum atomic E-state index is 12.0. The van der Waals surface area contributed by atoms with Crippen molar-refractivity contribution in [3.05, 3.63) is 39.0 Å². The highest BCUT2D eigenvalue weighted by atomic mass is 79.9.